The second kappa shape index (κ2) is 12.4. The lowest BCUT2D eigenvalue weighted by molar-refractivity contribution is -0.130. The maximum atomic E-state index is 12.6. The molecule has 2 rings (SSSR count). The Hall–Kier alpha value is -2.28. The molecule has 7 heteroatoms. The highest BCUT2D eigenvalue weighted by atomic mass is 16.6. The van der Waals surface area contributed by atoms with Crippen LogP contribution in [0, 0.1) is 0 Å². The number of amides is 2. The first-order valence-corrected chi connectivity index (χ1v) is 11.2. The molecule has 1 heterocycles. The fraction of sp³-hybridized carbons (Fsp3) is 0.652. The Kier molecular flexibility index (Phi) is 9.94. The fourth-order valence-corrected chi connectivity index (χ4v) is 3.44. The second-order valence-corrected chi connectivity index (χ2v) is 7.98. The van der Waals surface area contributed by atoms with Crippen LogP contribution in [0.5, 0.6) is 11.5 Å². The Bertz CT molecular complexity index is 672. The summed E-state index contributed by atoms with van der Waals surface area (Å²) in [6.07, 6.45) is 6.30. The van der Waals surface area contributed by atoms with Gasteiger partial charge in [0, 0.05) is 13.1 Å². The molecule has 2 amide bonds. The van der Waals surface area contributed by atoms with E-state index in [1.807, 2.05) is 18.2 Å². The number of para-hydroxylation sites is 2. The van der Waals surface area contributed by atoms with Gasteiger partial charge in [-0.15, -0.1) is 0 Å². The Balaban J connectivity index is 1.64. The minimum atomic E-state index is -0.769. The summed E-state index contributed by atoms with van der Waals surface area (Å²) < 4.78 is 11.3. The lowest BCUT2D eigenvalue weighted by Gasteiger charge is -2.28. The average molecular weight is 420 g/mol. The smallest absolute Gasteiger partial charge is 0.264 e. The number of benzene rings is 1. The van der Waals surface area contributed by atoms with E-state index in [0.29, 0.717) is 24.6 Å². The maximum absolute atomic E-state index is 12.6. The highest BCUT2D eigenvalue weighted by molar-refractivity contribution is 5.86. The molecule has 0 fully saturated rings. The number of ether oxygens (including phenoxy) is 2. The summed E-state index contributed by atoms with van der Waals surface area (Å²) in [5.41, 5.74) is 5.65. The number of fused-ring (bicyclic) bond motifs is 1. The average Bonchev–Trinajstić information content (AvgIpc) is 2.77. The Labute approximate surface area is 180 Å². The van der Waals surface area contributed by atoms with Gasteiger partial charge in [0.1, 0.15) is 6.61 Å². The molecule has 168 valence electrons. The lowest BCUT2D eigenvalue weighted by Crippen LogP contribution is -2.54. The van der Waals surface area contributed by atoms with E-state index in [2.05, 4.69) is 24.5 Å². The van der Waals surface area contributed by atoms with E-state index in [4.69, 9.17) is 15.2 Å². The Morgan fingerprint density at radius 3 is 2.23 bits per heavy atom. The SMILES string of the molecule is CCCCC(N)(CCCC)C(=O)NCCCCNC(=O)C1COc2ccccc2O1. The predicted octanol–water partition coefficient (Wildman–Crippen LogP) is 2.92. The van der Waals surface area contributed by atoms with Crippen molar-refractivity contribution < 1.29 is 19.1 Å². The molecule has 1 aliphatic rings. The van der Waals surface area contributed by atoms with Crippen molar-refractivity contribution in [3.05, 3.63) is 24.3 Å². The van der Waals surface area contributed by atoms with Crippen molar-refractivity contribution in [1.29, 1.82) is 0 Å². The van der Waals surface area contributed by atoms with Crippen LogP contribution in [0.1, 0.15) is 65.2 Å². The third-order valence-electron chi connectivity index (χ3n) is 5.39. The molecule has 30 heavy (non-hydrogen) atoms. The number of unbranched alkanes of at least 4 members (excludes halogenated alkanes) is 3. The van der Waals surface area contributed by atoms with Crippen LogP contribution >= 0.6 is 0 Å². The quantitative estimate of drug-likeness (QED) is 0.427. The van der Waals surface area contributed by atoms with Gasteiger partial charge in [0.15, 0.2) is 11.5 Å². The van der Waals surface area contributed by atoms with Crippen LogP contribution in [0.3, 0.4) is 0 Å². The molecule has 7 nitrogen and oxygen atoms in total. The number of rotatable bonds is 13. The van der Waals surface area contributed by atoms with Gasteiger partial charge in [-0.05, 0) is 37.8 Å². The lowest BCUT2D eigenvalue weighted by atomic mass is 9.87. The summed E-state index contributed by atoms with van der Waals surface area (Å²) >= 11 is 0. The van der Waals surface area contributed by atoms with Gasteiger partial charge in [-0.1, -0.05) is 51.7 Å². The van der Waals surface area contributed by atoms with E-state index >= 15 is 0 Å². The maximum Gasteiger partial charge on any atom is 0.264 e. The minimum absolute atomic E-state index is 0.0557. The number of nitrogens with two attached hydrogens (primary N) is 1. The number of carbonyl (C=O) groups is 2. The monoisotopic (exact) mass is 419 g/mol. The molecule has 1 aliphatic heterocycles. The summed E-state index contributed by atoms with van der Waals surface area (Å²) in [7, 11) is 0. The summed E-state index contributed by atoms with van der Waals surface area (Å²) in [6.45, 7) is 5.50. The first-order valence-electron chi connectivity index (χ1n) is 11.2. The Morgan fingerprint density at radius 2 is 1.60 bits per heavy atom. The van der Waals surface area contributed by atoms with Crippen molar-refractivity contribution in [2.75, 3.05) is 19.7 Å². The van der Waals surface area contributed by atoms with Gasteiger partial charge in [0.25, 0.3) is 5.91 Å². The van der Waals surface area contributed by atoms with Crippen molar-refractivity contribution in [3.8, 4) is 11.5 Å². The topological polar surface area (TPSA) is 103 Å². The third-order valence-corrected chi connectivity index (χ3v) is 5.39. The number of nitrogens with one attached hydrogen (secondary N) is 2. The van der Waals surface area contributed by atoms with Gasteiger partial charge in [0.05, 0.1) is 5.54 Å². The molecule has 0 aliphatic carbocycles. The van der Waals surface area contributed by atoms with Gasteiger partial charge in [-0.3, -0.25) is 9.59 Å². The van der Waals surface area contributed by atoms with Crippen molar-refractivity contribution >= 4 is 11.8 Å². The van der Waals surface area contributed by atoms with Crippen molar-refractivity contribution in [2.45, 2.75) is 76.9 Å². The summed E-state index contributed by atoms with van der Waals surface area (Å²) in [5.74, 6) is 1.00. The first-order chi connectivity index (χ1) is 14.5. The summed E-state index contributed by atoms with van der Waals surface area (Å²) in [4.78, 5) is 24.9. The van der Waals surface area contributed by atoms with Crippen LogP contribution in [-0.4, -0.2) is 43.2 Å². The first kappa shape index (κ1) is 24.0. The molecular weight excluding hydrogens is 382 g/mol. The number of hydrogen-bond acceptors (Lipinski definition) is 5. The highest BCUT2D eigenvalue weighted by Crippen LogP contribution is 2.30. The van der Waals surface area contributed by atoms with Crippen LogP contribution in [0.15, 0.2) is 24.3 Å². The molecule has 1 aromatic rings. The standard InChI is InChI=1S/C23H37N3O4/c1-3-5-13-23(24,14-6-4-2)22(28)26-16-10-9-15-25-21(27)20-17-29-18-11-7-8-12-19(18)30-20/h7-8,11-12,20H,3-6,9-10,13-17,24H2,1-2H3,(H,25,27)(H,26,28). The van der Waals surface area contributed by atoms with Crippen molar-refractivity contribution in [1.82, 2.24) is 10.6 Å². The molecule has 0 saturated carbocycles. The zero-order valence-electron chi connectivity index (χ0n) is 18.4. The Morgan fingerprint density at radius 1 is 1.00 bits per heavy atom. The molecule has 0 bridgehead atoms. The van der Waals surface area contributed by atoms with Gasteiger partial charge < -0.3 is 25.8 Å². The molecular formula is C23H37N3O4. The van der Waals surface area contributed by atoms with E-state index < -0.39 is 11.6 Å². The normalized spacial score (nSPS) is 15.5. The van der Waals surface area contributed by atoms with Gasteiger partial charge in [-0.25, -0.2) is 0 Å². The molecule has 1 aromatic carbocycles. The molecule has 0 radical (unpaired) electrons. The number of hydrogen-bond donors (Lipinski definition) is 3. The van der Waals surface area contributed by atoms with Gasteiger partial charge in [0.2, 0.25) is 12.0 Å². The van der Waals surface area contributed by atoms with Crippen LogP contribution in [0.2, 0.25) is 0 Å². The molecule has 1 atom stereocenters. The zero-order valence-corrected chi connectivity index (χ0v) is 18.4. The van der Waals surface area contributed by atoms with Crippen LogP contribution in [-0.2, 0) is 9.59 Å². The summed E-state index contributed by atoms with van der Waals surface area (Å²) in [5, 5.41) is 5.86. The molecule has 0 spiro atoms. The molecule has 4 N–H and O–H groups in total. The van der Waals surface area contributed by atoms with Crippen molar-refractivity contribution in [3.63, 3.8) is 0 Å². The number of carbonyl (C=O) groups excluding carboxylic acids is 2. The van der Waals surface area contributed by atoms with E-state index in [0.717, 1.165) is 51.4 Å². The molecule has 0 saturated heterocycles. The molecule has 1 unspecified atom stereocenters. The fourth-order valence-electron chi connectivity index (χ4n) is 3.44. The highest BCUT2D eigenvalue weighted by Gasteiger charge is 2.32. The van der Waals surface area contributed by atoms with E-state index in [1.54, 1.807) is 6.07 Å². The minimum Gasteiger partial charge on any atom is -0.485 e. The van der Waals surface area contributed by atoms with Crippen LogP contribution in [0.25, 0.3) is 0 Å². The van der Waals surface area contributed by atoms with Gasteiger partial charge >= 0.3 is 0 Å². The zero-order chi connectivity index (χ0) is 21.8. The second-order valence-electron chi connectivity index (χ2n) is 7.98. The van der Waals surface area contributed by atoms with E-state index in [-0.39, 0.29) is 18.4 Å². The van der Waals surface area contributed by atoms with Crippen LogP contribution in [0.4, 0.5) is 0 Å². The van der Waals surface area contributed by atoms with Crippen LogP contribution < -0.4 is 25.8 Å². The van der Waals surface area contributed by atoms with Crippen molar-refractivity contribution in [2.24, 2.45) is 5.73 Å². The molecule has 0 aromatic heterocycles. The predicted molar refractivity (Wildman–Crippen MR) is 118 cm³/mol. The van der Waals surface area contributed by atoms with E-state index in [1.165, 1.54) is 0 Å². The van der Waals surface area contributed by atoms with Gasteiger partial charge in [-0.2, -0.15) is 0 Å². The van der Waals surface area contributed by atoms with E-state index in [9.17, 15) is 9.59 Å². The largest absolute Gasteiger partial charge is 0.485 e. The third kappa shape index (κ3) is 7.20. The summed E-state index contributed by atoms with van der Waals surface area (Å²) in [6, 6.07) is 7.31.